The molecule has 3 N–H and O–H groups in total. The van der Waals surface area contributed by atoms with E-state index in [4.69, 9.17) is 5.73 Å². The predicted octanol–water partition coefficient (Wildman–Crippen LogP) is 2.35. The van der Waals surface area contributed by atoms with E-state index in [2.05, 4.69) is 10.1 Å². The number of fused-ring (bicyclic) bond motifs is 1. The molecule has 2 heterocycles. The van der Waals surface area contributed by atoms with Gasteiger partial charge in [0, 0.05) is 46.9 Å². The molecule has 0 fully saturated rings. The second-order valence-electron chi connectivity index (χ2n) is 4.98. The van der Waals surface area contributed by atoms with E-state index in [1.807, 2.05) is 13.1 Å². The highest BCUT2D eigenvalue weighted by molar-refractivity contribution is 5.95. The van der Waals surface area contributed by atoms with Crippen LogP contribution in [-0.4, -0.2) is 20.7 Å². The Morgan fingerprint density at radius 3 is 3.00 bits per heavy atom. The van der Waals surface area contributed by atoms with Gasteiger partial charge in [-0.2, -0.15) is 5.10 Å². The molecule has 1 aromatic carbocycles. The number of halogens is 1. The summed E-state index contributed by atoms with van der Waals surface area (Å²) >= 11 is 0. The van der Waals surface area contributed by atoms with Crippen LogP contribution in [0.15, 0.2) is 30.6 Å². The van der Waals surface area contributed by atoms with Crippen LogP contribution in [0, 0.1) is 12.7 Å². The first-order chi connectivity index (χ1) is 10.1. The topological polar surface area (TPSA) is 76.7 Å². The Morgan fingerprint density at radius 2 is 2.24 bits per heavy atom. The lowest BCUT2D eigenvalue weighted by molar-refractivity contribution is -0.118. The molecule has 0 aliphatic heterocycles. The van der Waals surface area contributed by atoms with E-state index >= 15 is 0 Å². The van der Waals surface area contributed by atoms with Gasteiger partial charge in [-0.15, -0.1) is 0 Å². The summed E-state index contributed by atoms with van der Waals surface area (Å²) in [6, 6.07) is 4.65. The molecule has 3 aromatic rings. The van der Waals surface area contributed by atoms with Crippen LogP contribution in [0.25, 0.3) is 22.0 Å². The number of carbonyl (C=O) groups is 1. The third-order valence-corrected chi connectivity index (χ3v) is 3.61. The zero-order valence-electron chi connectivity index (χ0n) is 11.6. The molecule has 0 aliphatic carbocycles. The Bertz CT molecular complexity index is 818. The number of nitrogens with one attached hydrogen (secondary N) is 1. The van der Waals surface area contributed by atoms with E-state index in [0.717, 1.165) is 27.7 Å². The second kappa shape index (κ2) is 5.05. The average Bonchev–Trinajstić information content (AvgIpc) is 2.99. The quantitative estimate of drug-likeness (QED) is 0.772. The van der Waals surface area contributed by atoms with Crippen LogP contribution in [0.2, 0.25) is 0 Å². The molecule has 2 aromatic heterocycles. The van der Waals surface area contributed by atoms with E-state index in [1.54, 1.807) is 16.9 Å². The van der Waals surface area contributed by atoms with E-state index in [9.17, 15) is 9.18 Å². The van der Waals surface area contributed by atoms with Crippen molar-refractivity contribution in [3.63, 3.8) is 0 Å². The van der Waals surface area contributed by atoms with E-state index in [0.29, 0.717) is 6.54 Å². The van der Waals surface area contributed by atoms with Crippen molar-refractivity contribution in [1.29, 1.82) is 0 Å². The average molecular weight is 286 g/mol. The van der Waals surface area contributed by atoms with Gasteiger partial charge in [0.25, 0.3) is 0 Å². The van der Waals surface area contributed by atoms with Crippen molar-refractivity contribution in [2.24, 2.45) is 5.73 Å². The number of amides is 1. The van der Waals surface area contributed by atoms with Gasteiger partial charge >= 0.3 is 0 Å². The third-order valence-electron chi connectivity index (χ3n) is 3.61. The first-order valence-electron chi connectivity index (χ1n) is 6.64. The molecule has 0 spiro atoms. The molecule has 108 valence electrons. The minimum absolute atomic E-state index is 0.251. The van der Waals surface area contributed by atoms with E-state index in [-0.39, 0.29) is 18.1 Å². The third kappa shape index (κ3) is 2.40. The number of hydrogen-bond donors (Lipinski definition) is 2. The molecule has 0 aliphatic rings. The second-order valence-corrected chi connectivity index (χ2v) is 4.98. The summed E-state index contributed by atoms with van der Waals surface area (Å²) in [6.07, 6.45) is 3.84. The summed E-state index contributed by atoms with van der Waals surface area (Å²) in [4.78, 5) is 13.9. The molecule has 6 heteroatoms. The fourth-order valence-electron chi connectivity index (χ4n) is 2.47. The van der Waals surface area contributed by atoms with Crippen LogP contribution in [0.3, 0.4) is 0 Å². The minimum Gasteiger partial charge on any atom is -0.370 e. The number of nitrogens with two attached hydrogens (primary N) is 1. The van der Waals surface area contributed by atoms with Gasteiger partial charge in [-0.3, -0.25) is 9.48 Å². The fraction of sp³-hybridized carbons (Fsp3) is 0.200. The van der Waals surface area contributed by atoms with Crippen LogP contribution in [0.4, 0.5) is 4.39 Å². The number of primary amides is 1. The lowest BCUT2D eigenvalue weighted by Crippen LogP contribution is -2.15. The monoisotopic (exact) mass is 286 g/mol. The number of carbonyl (C=O) groups excluding carboxylic acids is 1. The Balaban J connectivity index is 2.01. The summed E-state index contributed by atoms with van der Waals surface area (Å²) in [5.74, 6) is -0.626. The van der Waals surface area contributed by atoms with Crippen molar-refractivity contribution in [1.82, 2.24) is 14.8 Å². The van der Waals surface area contributed by atoms with Crippen molar-refractivity contribution in [3.05, 3.63) is 42.1 Å². The largest absolute Gasteiger partial charge is 0.370 e. The summed E-state index contributed by atoms with van der Waals surface area (Å²) in [7, 11) is 0. The van der Waals surface area contributed by atoms with Crippen molar-refractivity contribution < 1.29 is 9.18 Å². The first-order valence-corrected chi connectivity index (χ1v) is 6.64. The normalized spacial score (nSPS) is 11.1. The summed E-state index contributed by atoms with van der Waals surface area (Å²) in [5, 5.41) is 5.23. The molecule has 1 amide bonds. The zero-order chi connectivity index (χ0) is 15.0. The van der Waals surface area contributed by atoms with Crippen LogP contribution in [0.5, 0.6) is 0 Å². The Kier molecular flexibility index (Phi) is 3.21. The maximum Gasteiger partial charge on any atom is 0.219 e. The molecular formula is C15H15FN4O. The van der Waals surface area contributed by atoms with Crippen LogP contribution in [0.1, 0.15) is 12.1 Å². The number of aromatic amines is 1. The summed E-state index contributed by atoms with van der Waals surface area (Å²) < 4.78 is 15.0. The highest BCUT2D eigenvalue weighted by Crippen LogP contribution is 2.31. The Morgan fingerprint density at radius 1 is 1.43 bits per heavy atom. The van der Waals surface area contributed by atoms with E-state index in [1.165, 1.54) is 12.1 Å². The fourth-order valence-corrected chi connectivity index (χ4v) is 2.47. The molecule has 0 unspecified atom stereocenters. The predicted molar refractivity (Wildman–Crippen MR) is 78.0 cm³/mol. The summed E-state index contributed by atoms with van der Waals surface area (Å²) in [5.41, 5.74) is 8.77. The molecular weight excluding hydrogens is 271 g/mol. The van der Waals surface area contributed by atoms with Crippen LogP contribution >= 0.6 is 0 Å². The van der Waals surface area contributed by atoms with Gasteiger partial charge in [-0.05, 0) is 25.1 Å². The molecule has 3 rings (SSSR count). The lowest BCUT2D eigenvalue weighted by atomic mass is 10.1. The SMILES string of the molecule is Cc1c(-c2c[nH]c3cc(F)ccc23)cnn1CCC(N)=O. The molecule has 0 saturated heterocycles. The van der Waals surface area contributed by atoms with Crippen LogP contribution in [-0.2, 0) is 11.3 Å². The Hall–Kier alpha value is -2.63. The van der Waals surface area contributed by atoms with Gasteiger partial charge in [0.15, 0.2) is 0 Å². The van der Waals surface area contributed by atoms with E-state index < -0.39 is 0 Å². The Labute approximate surface area is 120 Å². The maximum absolute atomic E-state index is 13.2. The van der Waals surface area contributed by atoms with Crippen molar-refractivity contribution in [2.75, 3.05) is 0 Å². The van der Waals surface area contributed by atoms with Gasteiger partial charge in [0.1, 0.15) is 5.82 Å². The van der Waals surface area contributed by atoms with Crippen molar-refractivity contribution in [3.8, 4) is 11.1 Å². The van der Waals surface area contributed by atoms with Gasteiger partial charge in [0.05, 0.1) is 6.20 Å². The molecule has 5 nitrogen and oxygen atoms in total. The van der Waals surface area contributed by atoms with Gasteiger partial charge in [-0.25, -0.2) is 4.39 Å². The molecule has 0 saturated carbocycles. The smallest absolute Gasteiger partial charge is 0.219 e. The number of hydrogen-bond acceptors (Lipinski definition) is 2. The first kappa shape index (κ1) is 13.4. The number of aryl methyl sites for hydroxylation is 1. The molecule has 0 atom stereocenters. The number of benzene rings is 1. The van der Waals surface area contributed by atoms with Crippen molar-refractivity contribution in [2.45, 2.75) is 19.9 Å². The van der Waals surface area contributed by atoms with Gasteiger partial charge in [0.2, 0.25) is 5.91 Å². The molecule has 21 heavy (non-hydrogen) atoms. The number of H-pyrrole nitrogens is 1. The number of nitrogens with zero attached hydrogens (tertiary/aromatic N) is 2. The molecule has 0 radical (unpaired) electrons. The highest BCUT2D eigenvalue weighted by Gasteiger charge is 2.13. The molecule has 0 bridgehead atoms. The van der Waals surface area contributed by atoms with Crippen LogP contribution < -0.4 is 5.73 Å². The minimum atomic E-state index is -0.353. The number of aromatic nitrogens is 3. The lowest BCUT2D eigenvalue weighted by Gasteiger charge is -2.03. The maximum atomic E-state index is 13.2. The van der Waals surface area contributed by atoms with Gasteiger partial charge in [-0.1, -0.05) is 0 Å². The van der Waals surface area contributed by atoms with Gasteiger partial charge < -0.3 is 10.7 Å². The number of rotatable bonds is 4. The zero-order valence-corrected chi connectivity index (χ0v) is 11.6. The highest BCUT2D eigenvalue weighted by atomic mass is 19.1. The summed E-state index contributed by atoms with van der Waals surface area (Å²) in [6.45, 7) is 2.39. The van der Waals surface area contributed by atoms with Crippen molar-refractivity contribution >= 4 is 16.8 Å². The standard InChI is InChI=1S/C15H15FN4O/c1-9-12(8-19-20(9)5-4-15(17)21)13-7-18-14-6-10(16)2-3-11(13)14/h2-3,6-8,18H,4-5H2,1H3,(H2,17,21).